The Balaban J connectivity index is 0.00000364. The Kier molecular flexibility index (Phi) is 9.88. The number of rotatable bonds is 6. The smallest absolute Gasteiger partial charge is 0.417 e. The molecule has 1 aliphatic rings. The number of pyridine rings is 1. The summed E-state index contributed by atoms with van der Waals surface area (Å²) in [7, 11) is 3.61. The lowest BCUT2D eigenvalue weighted by atomic mass is 10.1. The quantitative estimate of drug-likeness (QED) is 0.269. The van der Waals surface area contributed by atoms with Gasteiger partial charge in [0.25, 0.3) is 0 Å². The monoisotopic (exact) mass is 522 g/mol. The van der Waals surface area contributed by atoms with E-state index < -0.39 is 11.7 Å². The zero-order chi connectivity index (χ0) is 19.2. The van der Waals surface area contributed by atoms with Crippen molar-refractivity contribution < 1.29 is 22.6 Å². The van der Waals surface area contributed by atoms with Crippen molar-refractivity contribution in [1.82, 2.24) is 15.2 Å². The summed E-state index contributed by atoms with van der Waals surface area (Å²) in [5.41, 5.74) is -0.911. The number of nitrogens with zero attached hydrogens (tertiary/aromatic N) is 3. The van der Waals surface area contributed by atoms with Crippen LogP contribution < -0.4 is 10.1 Å². The summed E-state index contributed by atoms with van der Waals surface area (Å²) in [5, 5.41) is 2.95. The lowest BCUT2D eigenvalue weighted by Crippen LogP contribution is -2.42. The Morgan fingerprint density at radius 1 is 1.52 bits per heavy atom. The fourth-order valence-corrected chi connectivity index (χ4v) is 2.80. The number of nitrogens with one attached hydrogen (secondary N) is 1. The molecule has 1 aromatic rings. The molecule has 1 aromatic heterocycles. The van der Waals surface area contributed by atoms with Crippen LogP contribution >= 0.6 is 35.6 Å². The first-order chi connectivity index (χ1) is 12.3. The van der Waals surface area contributed by atoms with E-state index in [1.807, 2.05) is 11.9 Å². The molecule has 0 aliphatic carbocycles. The van der Waals surface area contributed by atoms with Gasteiger partial charge in [0.2, 0.25) is 5.88 Å². The van der Waals surface area contributed by atoms with Gasteiger partial charge in [0.1, 0.15) is 11.6 Å². The molecule has 0 radical (unpaired) electrons. The van der Waals surface area contributed by atoms with Gasteiger partial charge in [-0.25, -0.2) is 4.98 Å². The molecule has 6 nitrogen and oxygen atoms in total. The zero-order valence-electron chi connectivity index (χ0n) is 15.1. The third-order valence-corrected chi connectivity index (χ3v) is 4.16. The average molecular weight is 523 g/mol. The van der Waals surface area contributed by atoms with Crippen molar-refractivity contribution >= 4 is 41.5 Å². The molecule has 1 aliphatic heterocycles. The third kappa shape index (κ3) is 7.49. The maximum Gasteiger partial charge on any atom is 0.417 e. The van der Waals surface area contributed by atoms with Crippen LogP contribution in [0.3, 0.4) is 0 Å². The van der Waals surface area contributed by atoms with E-state index in [0.29, 0.717) is 24.6 Å². The molecule has 0 amide bonds. The van der Waals surface area contributed by atoms with Crippen molar-refractivity contribution in [1.29, 1.82) is 0 Å². The topological polar surface area (TPSA) is 59.0 Å². The van der Waals surface area contributed by atoms with Crippen molar-refractivity contribution in [2.45, 2.75) is 12.6 Å². The van der Waals surface area contributed by atoms with Crippen molar-refractivity contribution in [2.24, 2.45) is 10.9 Å². The minimum absolute atomic E-state index is 0. The molecule has 154 valence electrons. The maximum absolute atomic E-state index is 12.6. The highest BCUT2D eigenvalue weighted by Crippen LogP contribution is 2.32. The van der Waals surface area contributed by atoms with Gasteiger partial charge in [0, 0.05) is 39.4 Å². The molecule has 0 aromatic carbocycles. The van der Waals surface area contributed by atoms with Gasteiger partial charge >= 0.3 is 6.18 Å². The first-order valence-corrected chi connectivity index (χ1v) is 8.54. The molecule has 1 atom stereocenters. The Morgan fingerprint density at radius 2 is 2.26 bits per heavy atom. The van der Waals surface area contributed by atoms with Crippen LogP contribution in [0, 0.1) is 5.92 Å². The van der Waals surface area contributed by atoms with Crippen LogP contribution in [0.15, 0.2) is 17.3 Å². The number of halogens is 5. The fourth-order valence-electron chi connectivity index (χ4n) is 2.58. The molecule has 27 heavy (non-hydrogen) atoms. The minimum Gasteiger partial charge on any atom is -0.475 e. The summed E-state index contributed by atoms with van der Waals surface area (Å²) in [4.78, 5) is 9.83. The van der Waals surface area contributed by atoms with E-state index in [4.69, 9.17) is 21.1 Å². The number of alkyl halides is 3. The second kappa shape index (κ2) is 11.1. The highest BCUT2D eigenvalue weighted by atomic mass is 127. The van der Waals surface area contributed by atoms with Gasteiger partial charge in [-0.1, -0.05) is 11.6 Å². The summed E-state index contributed by atoms with van der Waals surface area (Å²) < 4.78 is 48.4. The van der Waals surface area contributed by atoms with Gasteiger partial charge in [-0.3, -0.25) is 4.99 Å². The van der Waals surface area contributed by atoms with Gasteiger partial charge in [0.05, 0.1) is 18.7 Å². The van der Waals surface area contributed by atoms with Gasteiger partial charge in [-0.15, -0.1) is 24.0 Å². The highest BCUT2D eigenvalue weighted by Gasteiger charge is 2.31. The Morgan fingerprint density at radius 3 is 2.81 bits per heavy atom. The van der Waals surface area contributed by atoms with E-state index in [-0.39, 0.29) is 41.5 Å². The summed E-state index contributed by atoms with van der Waals surface area (Å²) >= 11 is 5.80. The molecule has 0 spiro atoms. The maximum atomic E-state index is 12.6. The predicted molar refractivity (Wildman–Crippen MR) is 108 cm³/mol. The largest absolute Gasteiger partial charge is 0.475 e. The van der Waals surface area contributed by atoms with Gasteiger partial charge < -0.3 is 19.7 Å². The second-order valence-corrected chi connectivity index (χ2v) is 6.35. The summed E-state index contributed by atoms with van der Waals surface area (Å²) in [5.74, 6) is 1.14. The highest BCUT2D eigenvalue weighted by molar-refractivity contribution is 14.0. The van der Waals surface area contributed by atoms with Crippen LogP contribution in [0.25, 0.3) is 0 Å². The molecule has 0 bridgehead atoms. The molecule has 1 saturated heterocycles. The molecular weight excluding hydrogens is 500 g/mol. The molecule has 1 fully saturated rings. The van der Waals surface area contributed by atoms with Crippen LogP contribution in [0.2, 0.25) is 5.02 Å². The van der Waals surface area contributed by atoms with E-state index in [1.165, 1.54) is 0 Å². The average Bonchev–Trinajstić information content (AvgIpc) is 3.08. The molecule has 2 heterocycles. The van der Waals surface area contributed by atoms with Crippen molar-refractivity contribution in [3.63, 3.8) is 0 Å². The number of guanidine groups is 1. The summed E-state index contributed by atoms with van der Waals surface area (Å²) in [6, 6.07) is 0.799. The fraction of sp³-hybridized carbons (Fsp3) is 0.625. The first-order valence-electron chi connectivity index (χ1n) is 8.16. The molecule has 0 saturated carbocycles. The Hall–Kier alpha value is -1.01. The van der Waals surface area contributed by atoms with Gasteiger partial charge in [-0.2, -0.15) is 13.2 Å². The number of ether oxygens (including phenoxy) is 2. The van der Waals surface area contributed by atoms with E-state index in [1.54, 1.807) is 7.05 Å². The van der Waals surface area contributed by atoms with Crippen LogP contribution in [-0.2, 0) is 10.9 Å². The minimum atomic E-state index is -4.49. The molecule has 11 heteroatoms. The van der Waals surface area contributed by atoms with E-state index in [2.05, 4.69) is 15.3 Å². The normalized spacial score (nSPS) is 17.4. The molecule has 1 unspecified atom stereocenters. The predicted octanol–water partition coefficient (Wildman–Crippen LogP) is 3.29. The first kappa shape index (κ1) is 24.0. The molecule has 2 rings (SSSR count). The SMILES string of the molecule is CN=C(NCCOc1ncc(C(F)(F)F)cc1Cl)N(C)CC1CCOC1.I. The second-order valence-electron chi connectivity index (χ2n) is 5.94. The zero-order valence-corrected chi connectivity index (χ0v) is 18.1. The van der Waals surface area contributed by atoms with Crippen LogP contribution in [-0.4, -0.2) is 62.8 Å². The van der Waals surface area contributed by atoms with E-state index in [0.717, 1.165) is 32.2 Å². The number of hydrogen-bond donors (Lipinski definition) is 1. The third-order valence-electron chi connectivity index (χ3n) is 3.89. The summed E-state index contributed by atoms with van der Waals surface area (Å²) in [6.45, 7) is 2.95. The van der Waals surface area contributed by atoms with Crippen molar-refractivity contribution in [3.8, 4) is 5.88 Å². The van der Waals surface area contributed by atoms with E-state index >= 15 is 0 Å². The number of aliphatic imine (C=N–C) groups is 1. The number of hydrogen-bond acceptors (Lipinski definition) is 4. The lowest BCUT2D eigenvalue weighted by molar-refractivity contribution is -0.137. The molecule has 1 N–H and O–H groups in total. The Bertz CT molecular complexity index is 628. The molecular formula is C16H23ClF3IN4O2. The van der Waals surface area contributed by atoms with Gasteiger partial charge in [-0.05, 0) is 12.5 Å². The van der Waals surface area contributed by atoms with Crippen LogP contribution in [0.4, 0.5) is 13.2 Å². The van der Waals surface area contributed by atoms with Gasteiger partial charge in [0.15, 0.2) is 5.96 Å². The van der Waals surface area contributed by atoms with E-state index in [9.17, 15) is 13.2 Å². The number of aromatic nitrogens is 1. The standard InChI is InChI=1S/C16H22ClF3N4O2.HI/c1-21-15(24(2)9-11-3-5-25-10-11)22-4-6-26-14-13(17)7-12(8-23-14)16(18,19)20;/h7-8,11H,3-6,9-10H2,1-2H3,(H,21,22);1H. The van der Waals surface area contributed by atoms with Crippen molar-refractivity contribution in [2.75, 3.05) is 47.0 Å². The van der Waals surface area contributed by atoms with Crippen LogP contribution in [0.5, 0.6) is 5.88 Å². The Labute approximate surface area is 178 Å². The summed E-state index contributed by atoms with van der Waals surface area (Å²) in [6.07, 6.45) is -2.76. The lowest BCUT2D eigenvalue weighted by Gasteiger charge is -2.24. The van der Waals surface area contributed by atoms with Crippen LogP contribution in [0.1, 0.15) is 12.0 Å². The van der Waals surface area contributed by atoms with Crippen molar-refractivity contribution in [3.05, 3.63) is 22.8 Å².